The average molecular weight is 306 g/mol. The zero-order chi connectivity index (χ0) is 14.9. The van der Waals surface area contributed by atoms with Gasteiger partial charge < -0.3 is 10.6 Å². The number of nitrogens with two attached hydrogens (primary N) is 1. The van der Waals surface area contributed by atoms with Crippen LogP contribution in [0.2, 0.25) is 0 Å². The molecule has 2 unspecified atom stereocenters. The molecule has 0 aromatic carbocycles. The second kappa shape index (κ2) is 5.73. The number of carbonyl (C=O) groups excluding carboxylic acids is 1. The Balaban J connectivity index is 2.14. The monoisotopic (exact) mass is 306 g/mol. The van der Waals surface area contributed by atoms with Gasteiger partial charge in [0.1, 0.15) is 12.6 Å². The van der Waals surface area contributed by atoms with Gasteiger partial charge in [-0.2, -0.15) is 13.2 Å². The van der Waals surface area contributed by atoms with Gasteiger partial charge in [0, 0.05) is 10.9 Å². The zero-order valence-electron chi connectivity index (χ0n) is 11.1. The molecular formula is C13H17F3N2OS. The number of alkyl halides is 3. The second-order valence-electron chi connectivity index (χ2n) is 5.15. The van der Waals surface area contributed by atoms with Gasteiger partial charge in [-0.15, -0.1) is 11.3 Å². The highest BCUT2D eigenvalue weighted by Gasteiger charge is 2.41. The molecule has 0 saturated heterocycles. The highest BCUT2D eigenvalue weighted by atomic mass is 32.1. The van der Waals surface area contributed by atoms with Gasteiger partial charge >= 0.3 is 6.18 Å². The first-order valence-electron chi connectivity index (χ1n) is 6.46. The number of thiophene rings is 1. The van der Waals surface area contributed by atoms with Crippen LogP contribution in [0.4, 0.5) is 13.2 Å². The van der Waals surface area contributed by atoms with E-state index in [1.54, 1.807) is 24.4 Å². The maximum atomic E-state index is 12.7. The molecule has 1 aromatic heterocycles. The van der Waals surface area contributed by atoms with Crippen molar-refractivity contribution in [2.24, 2.45) is 11.7 Å². The van der Waals surface area contributed by atoms with Crippen molar-refractivity contribution in [2.45, 2.75) is 38.0 Å². The van der Waals surface area contributed by atoms with E-state index >= 15 is 0 Å². The lowest BCUT2D eigenvalue weighted by atomic mass is 10.1. The van der Waals surface area contributed by atoms with Crippen LogP contribution in [-0.2, 0) is 4.79 Å². The second-order valence-corrected chi connectivity index (χ2v) is 6.13. The van der Waals surface area contributed by atoms with E-state index in [9.17, 15) is 18.0 Å². The van der Waals surface area contributed by atoms with E-state index in [2.05, 4.69) is 0 Å². The number of rotatable bonds is 5. The van der Waals surface area contributed by atoms with Crippen molar-refractivity contribution < 1.29 is 18.0 Å². The number of hydrogen-bond acceptors (Lipinski definition) is 3. The lowest BCUT2D eigenvalue weighted by Gasteiger charge is -2.32. The van der Waals surface area contributed by atoms with Crippen molar-refractivity contribution in [1.82, 2.24) is 4.90 Å². The number of carbonyl (C=O) groups is 1. The fourth-order valence-corrected chi connectivity index (χ4v) is 2.94. The number of hydrogen-bond donors (Lipinski definition) is 1. The summed E-state index contributed by atoms with van der Waals surface area (Å²) in [5, 5.41) is 1.75. The molecule has 2 atom stereocenters. The Morgan fingerprint density at radius 3 is 2.65 bits per heavy atom. The van der Waals surface area contributed by atoms with Crippen LogP contribution in [0.3, 0.4) is 0 Å². The Morgan fingerprint density at radius 1 is 1.55 bits per heavy atom. The molecule has 0 bridgehead atoms. The van der Waals surface area contributed by atoms with Crippen LogP contribution in [-0.4, -0.2) is 29.6 Å². The Kier molecular flexibility index (Phi) is 4.39. The molecule has 7 heteroatoms. The van der Waals surface area contributed by atoms with Crippen LogP contribution < -0.4 is 5.73 Å². The fourth-order valence-electron chi connectivity index (χ4n) is 2.22. The Hall–Kier alpha value is -1.08. The van der Waals surface area contributed by atoms with Gasteiger partial charge in [0.2, 0.25) is 5.91 Å². The molecule has 0 aliphatic heterocycles. The maximum Gasteiger partial charge on any atom is 0.406 e. The Labute approximate surface area is 119 Å². The van der Waals surface area contributed by atoms with E-state index in [0.29, 0.717) is 4.88 Å². The summed E-state index contributed by atoms with van der Waals surface area (Å²) in [7, 11) is 0. The molecule has 0 radical (unpaired) electrons. The highest BCUT2D eigenvalue weighted by Crippen LogP contribution is 2.37. The van der Waals surface area contributed by atoms with E-state index in [1.165, 1.54) is 11.3 Å². The molecule has 1 aliphatic rings. The topological polar surface area (TPSA) is 46.3 Å². The van der Waals surface area contributed by atoms with Crippen molar-refractivity contribution in [3.63, 3.8) is 0 Å². The lowest BCUT2D eigenvalue weighted by Crippen LogP contribution is -2.48. The Bertz CT molecular complexity index is 457. The summed E-state index contributed by atoms with van der Waals surface area (Å²) in [5.41, 5.74) is 5.81. The third-order valence-corrected chi connectivity index (χ3v) is 4.50. The van der Waals surface area contributed by atoms with Crippen molar-refractivity contribution in [1.29, 1.82) is 0 Å². The minimum atomic E-state index is -4.41. The third kappa shape index (κ3) is 3.73. The first kappa shape index (κ1) is 15.3. The molecule has 1 amide bonds. The molecule has 2 rings (SSSR count). The van der Waals surface area contributed by atoms with Gasteiger partial charge in [-0.1, -0.05) is 6.07 Å². The third-order valence-electron chi connectivity index (χ3n) is 3.54. The summed E-state index contributed by atoms with van der Waals surface area (Å²) in [6, 6.07) is 1.96. The maximum absolute atomic E-state index is 12.7. The van der Waals surface area contributed by atoms with Gasteiger partial charge in [-0.3, -0.25) is 4.79 Å². The van der Waals surface area contributed by atoms with E-state index < -0.39 is 30.7 Å². The quantitative estimate of drug-likeness (QED) is 0.909. The van der Waals surface area contributed by atoms with Crippen molar-refractivity contribution in [2.75, 3.05) is 6.54 Å². The van der Waals surface area contributed by atoms with Crippen LogP contribution in [0.1, 0.15) is 30.7 Å². The minimum Gasteiger partial charge on any atom is -0.329 e. The van der Waals surface area contributed by atoms with E-state index in [1.807, 2.05) is 0 Å². The SMILES string of the molecule is CC(C1CC1)N(CC(F)(F)F)C(=O)C(N)c1cccs1. The number of halogens is 3. The molecule has 0 spiro atoms. The summed E-state index contributed by atoms with van der Waals surface area (Å²) in [6.07, 6.45) is -2.66. The summed E-state index contributed by atoms with van der Waals surface area (Å²) in [4.78, 5) is 13.8. The van der Waals surface area contributed by atoms with Gasteiger partial charge in [-0.25, -0.2) is 0 Å². The van der Waals surface area contributed by atoms with Crippen LogP contribution in [0.15, 0.2) is 17.5 Å². The molecule has 1 aliphatic carbocycles. The average Bonchev–Trinajstić information content (AvgIpc) is 3.07. The van der Waals surface area contributed by atoms with Crippen molar-refractivity contribution in [3.05, 3.63) is 22.4 Å². The molecule has 1 fully saturated rings. The standard InChI is InChI=1S/C13H17F3N2OS/c1-8(9-4-5-9)18(7-13(14,15)16)12(19)11(17)10-3-2-6-20-10/h2-3,6,8-9,11H,4-5,7,17H2,1H3. The van der Waals surface area contributed by atoms with Gasteiger partial charge in [0.05, 0.1) is 0 Å². The van der Waals surface area contributed by atoms with Crippen molar-refractivity contribution in [3.8, 4) is 0 Å². The zero-order valence-corrected chi connectivity index (χ0v) is 11.9. The predicted molar refractivity (Wildman–Crippen MR) is 71.2 cm³/mol. The molecule has 1 aromatic rings. The highest BCUT2D eigenvalue weighted by molar-refractivity contribution is 7.10. The smallest absolute Gasteiger partial charge is 0.329 e. The van der Waals surface area contributed by atoms with Crippen molar-refractivity contribution >= 4 is 17.2 Å². The fraction of sp³-hybridized carbons (Fsp3) is 0.615. The van der Waals surface area contributed by atoms with Gasteiger partial charge in [0.15, 0.2) is 0 Å². The van der Waals surface area contributed by atoms with Gasteiger partial charge in [-0.05, 0) is 37.1 Å². The summed E-state index contributed by atoms with van der Waals surface area (Å²) in [6.45, 7) is 0.436. The number of nitrogens with zero attached hydrogens (tertiary/aromatic N) is 1. The number of amides is 1. The van der Waals surface area contributed by atoms with E-state index in [0.717, 1.165) is 17.7 Å². The molecule has 3 nitrogen and oxygen atoms in total. The molecular weight excluding hydrogens is 289 g/mol. The van der Waals surface area contributed by atoms with E-state index in [4.69, 9.17) is 5.73 Å². The Morgan fingerprint density at radius 2 is 2.20 bits per heavy atom. The predicted octanol–water partition coefficient (Wildman–Crippen LogP) is 2.94. The molecule has 1 saturated carbocycles. The molecule has 112 valence electrons. The summed E-state index contributed by atoms with van der Waals surface area (Å²) in [5.74, 6) is -0.485. The lowest BCUT2D eigenvalue weighted by molar-refractivity contribution is -0.166. The normalized spacial score (nSPS) is 18.6. The van der Waals surface area contributed by atoms with Crippen LogP contribution in [0, 0.1) is 5.92 Å². The first-order valence-corrected chi connectivity index (χ1v) is 7.34. The summed E-state index contributed by atoms with van der Waals surface area (Å²) >= 11 is 1.28. The molecule has 2 N–H and O–H groups in total. The van der Waals surface area contributed by atoms with Gasteiger partial charge in [0.25, 0.3) is 0 Å². The minimum absolute atomic E-state index is 0.164. The van der Waals surface area contributed by atoms with Crippen LogP contribution >= 0.6 is 11.3 Å². The van der Waals surface area contributed by atoms with Crippen LogP contribution in [0.5, 0.6) is 0 Å². The summed E-state index contributed by atoms with van der Waals surface area (Å²) < 4.78 is 38.1. The molecule has 1 heterocycles. The van der Waals surface area contributed by atoms with E-state index in [-0.39, 0.29) is 5.92 Å². The molecule has 20 heavy (non-hydrogen) atoms. The largest absolute Gasteiger partial charge is 0.406 e. The van der Waals surface area contributed by atoms with Crippen LogP contribution in [0.25, 0.3) is 0 Å². The first-order chi connectivity index (χ1) is 9.29.